The van der Waals surface area contributed by atoms with E-state index in [9.17, 15) is 9.90 Å². The molecule has 0 bridgehead atoms. The van der Waals surface area contributed by atoms with Gasteiger partial charge in [0.15, 0.2) is 0 Å². The number of carbonyl (C=O) groups excluding carboxylic acids is 1. The van der Waals surface area contributed by atoms with Crippen molar-refractivity contribution < 1.29 is 14.6 Å². The van der Waals surface area contributed by atoms with Gasteiger partial charge in [-0.3, -0.25) is 4.79 Å². The fraction of sp³-hybridized carbons (Fsp3) is 0.138. The molecule has 0 saturated heterocycles. The summed E-state index contributed by atoms with van der Waals surface area (Å²) in [6, 6.07) is 31.1. The van der Waals surface area contributed by atoms with Gasteiger partial charge in [0.25, 0.3) is 5.91 Å². The second-order valence-electron chi connectivity index (χ2n) is 8.40. The van der Waals surface area contributed by atoms with Crippen molar-refractivity contribution in [2.75, 3.05) is 11.9 Å². The Balaban J connectivity index is 1.23. The van der Waals surface area contributed by atoms with E-state index in [1.54, 1.807) is 30.3 Å². The van der Waals surface area contributed by atoms with E-state index in [0.29, 0.717) is 23.5 Å². The van der Waals surface area contributed by atoms with Crippen LogP contribution in [-0.4, -0.2) is 28.3 Å². The van der Waals surface area contributed by atoms with Crippen molar-refractivity contribution in [3.8, 4) is 5.75 Å². The number of para-hydroxylation sites is 2. The SMILES string of the molecule is Cc1ccccc1C(=O)Nc1ccc(OC[C@@H](O)Cn2c3ccccc3c3ccccc32)cc1. The first-order valence-corrected chi connectivity index (χ1v) is 11.3. The Labute approximate surface area is 198 Å². The molecule has 5 rings (SSSR count). The van der Waals surface area contributed by atoms with Gasteiger partial charge >= 0.3 is 0 Å². The molecular weight excluding hydrogens is 424 g/mol. The molecule has 0 aliphatic carbocycles. The van der Waals surface area contributed by atoms with Gasteiger partial charge < -0.3 is 19.7 Å². The van der Waals surface area contributed by atoms with Crippen LogP contribution in [0.2, 0.25) is 0 Å². The summed E-state index contributed by atoms with van der Waals surface area (Å²) in [6.07, 6.45) is -0.681. The van der Waals surface area contributed by atoms with Gasteiger partial charge in [-0.2, -0.15) is 0 Å². The van der Waals surface area contributed by atoms with Crippen LogP contribution >= 0.6 is 0 Å². The molecule has 0 unspecified atom stereocenters. The normalized spacial score (nSPS) is 12.1. The lowest BCUT2D eigenvalue weighted by molar-refractivity contribution is 0.0945. The molecule has 5 aromatic rings. The highest BCUT2D eigenvalue weighted by molar-refractivity contribution is 6.08. The van der Waals surface area contributed by atoms with E-state index in [1.165, 1.54) is 10.8 Å². The first-order chi connectivity index (χ1) is 16.6. The van der Waals surface area contributed by atoms with Crippen molar-refractivity contribution in [1.82, 2.24) is 4.57 Å². The number of aromatic nitrogens is 1. The molecule has 34 heavy (non-hydrogen) atoms. The lowest BCUT2D eigenvalue weighted by Crippen LogP contribution is -2.23. The highest BCUT2D eigenvalue weighted by atomic mass is 16.5. The summed E-state index contributed by atoms with van der Waals surface area (Å²) in [5.41, 5.74) is 4.45. The molecule has 170 valence electrons. The van der Waals surface area contributed by atoms with Crippen LogP contribution in [0.3, 0.4) is 0 Å². The molecule has 0 fully saturated rings. The monoisotopic (exact) mass is 450 g/mol. The van der Waals surface area contributed by atoms with Crippen LogP contribution in [0.15, 0.2) is 97.1 Å². The van der Waals surface area contributed by atoms with Crippen molar-refractivity contribution in [2.45, 2.75) is 19.6 Å². The molecule has 0 saturated carbocycles. The van der Waals surface area contributed by atoms with Gasteiger partial charge in [0.1, 0.15) is 18.5 Å². The zero-order chi connectivity index (χ0) is 23.5. The van der Waals surface area contributed by atoms with Gasteiger partial charge in [-0.25, -0.2) is 0 Å². The Morgan fingerprint density at radius 3 is 2.09 bits per heavy atom. The molecule has 0 aliphatic rings. The van der Waals surface area contributed by atoms with Gasteiger partial charge in [0, 0.05) is 33.1 Å². The molecule has 2 N–H and O–H groups in total. The second-order valence-corrected chi connectivity index (χ2v) is 8.40. The third kappa shape index (κ3) is 4.38. The molecule has 5 nitrogen and oxygen atoms in total. The number of hydrogen-bond acceptors (Lipinski definition) is 3. The number of benzene rings is 4. The van der Waals surface area contributed by atoms with Crippen molar-refractivity contribution in [1.29, 1.82) is 0 Å². The molecule has 1 heterocycles. The number of aliphatic hydroxyl groups excluding tert-OH is 1. The van der Waals surface area contributed by atoms with Crippen LogP contribution in [0, 0.1) is 6.92 Å². The minimum Gasteiger partial charge on any atom is -0.491 e. The van der Waals surface area contributed by atoms with Crippen LogP contribution in [0.4, 0.5) is 5.69 Å². The maximum Gasteiger partial charge on any atom is 0.255 e. The van der Waals surface area contributed by atoms with Crippen LogP contribution in [0.1, 0.15) is 15.9 Å². The Morgan fingerprint density at radius 1 is 0.853 bits per heavy atom. The largest absolute Gasteiger partial charge is 0.491 e. The predicted octanol–water partition coefficient (Wildman–Crippen LogP) is 5.80. The average molecular weight is 451 g/mol. The maximum atomic E-state index is 12.5. The van der Waals surface area contributed by atoms with Crippen molar-refractivity contribution >= 4 is 33.4 Å². The van der Waals surface area contributed by atoms with E-state index in [4.69, 9.17) is 4.74 Å². The zero-order valence-electron chi connectivity index (χ0n) is 18.9. The van der Waals surface area contributed by atoms with Crippen LogP contribution in [0.5, 0.6) is 5.75 Å². The van der Waals surface area contributed by atoms with Gasteiger partial charge in [0.2, 0.25) is 0 Å². The summed E-state index contributed by atoms with van der Waals surface area (Å²) >= 11 is 0. The van der Waals surface area contributed by atoms with E-state index in [1.807, 2.05) is 49.4 Å². The molecular formula is C29H26N2O3. The van der Waals surface area contributed by atoms with Crippen LogP contribution in [-0.2, 0) is 6.54 Å². The molecule has 4 aromatic carbocycles. The summed E-state index contributed by atoms with van der Waals surface area (Å²) in [5.74, 6) is 0.489. The third-order valence-corrected chi connectivity index (χ3v) is 6.02. The molecule has 0 aliphatic heterocycles. The highest BCUT2D eigenvalue weighted by Gasteiger charge is 2.14. The minimum atomic E-state index is -0.681. The van der Waals surface area contributed by atoms with Gasteiger partial charge in [-0.1, -0.05) is 54.6 Å². The standard InChI is InChI=1S/C29H26N2O3/c1-20-8-2-3-9-24(20)29(33)30-21-14-16-23(17-15-21)34-19-22(32)18-31-27-12-6-4-10-25(27)26-11-5-7-13-28(26)31/h2-17,22,32H,18-19H2,1H3,(H,30,33)/t22-/m0/s1. The first kappa shape index (κ1) is 21.7. The number of carbonyl (C=O) groups is 1. The smallest absolute Gasteiger partial charge is 0.255 e. The second kappa shape index (κ2) is 9.41. The average Bonchev–Trinajstić information content (AvgIpc) is 3.17. The Kier molecular flexibility index (Phi) is 6.02. The van der Waals surface area contributed by atoms with E-state index in [-0.39, 0.29) is 12.5 Å². The number of rotatable bonds is 7. The van der Waals surface area contributed by atoms with Crippen molar-refractivity contribution in [3.05, 3.63) is 108 Å². The Bertz CT molecular complexity index is 1400. The van der Waals surface area contributed by atoms with Crippen molar-refractivity contribution in [3.63, 3.8) is 0 Å². The van der Waals surface area contributed by atoms with Gasteiger partial charge in [0.05, 0.1) is 6.54 Å². The summed E-state index contributed by atoms with van der Waals surface area (Å²) in [7, 11) is 0. The number of amides is 1. The molecule has 0 spiro atoms. The van der Waals surface area contributed by atoms with E-state index in [0.717, 1.165) is 16.6 Å². The number of ether oxygens (including phenoxy) is 1. The molecule has 1 amide bonds. The van der Waals surface area contributed by atoms with Gasteiger partial charge in [-0.15, -0.1) is 0 Å². The quantitative estimate of drug-likeness (QED) is 0.330. The number of fused-ring (bicyclic) bond motifs is 3. The van der Waals surface area contributed by atoms with E-state index < -0.39 is 6.10 Å². The third-order valence-electron chi connectivity index (χ3n) is 6.02. The zero-order valence-corrected chi connectivity index (χ0v) is 18.9. The fourth-order valence-electron chi connectivity index (χ4n) is 4.32. The van der Waals surface area contributed by atoms with Crippen LogP contribution in [0.25, 0.3) is 21.8 Å². The van der Waals surface area contributed by atoms with E-state index in [2.05, 4.69) is 34.1 Å². The summed E-state index contributed by atoms with van der Waals surface area (Å²) < 4.78 is 7.97. The number of nitrogens with zero attached hydrogens (tertiary/aromatic N) is 1. The number of nitrogens with one attached hydrogen (secondary N) is 1. The minimum absolute atomic E-state index is 0.145. The Hall–Kier alpha value is -4.09. The Morgan fingerprint density at radius 2 is 1.44 bits per heavy atom. The first-order valence-electron chi connectivity index (χ1n) is 11.3. The molecule has 5 heteroatoms. The number of hydrogen-bond donors (Lipinski definition) is 2. The lowest BCUT2D eigenvalue weighted by atomic mass is 10.1. The number of aryl methyl sites for hydroxylation is 1. The molecule has 0 radical (unpaired) electrons. The fourth-order valence-corrected chi connectivity index (χ4v) is 4.32. The number of aliphatic hydroxyl groups is 1. The van der Waals surface area contributed by atoms with Crippen LogP contribution < -0.4 is 10.1 Å². The molecule has 1 aromatic heterocycles. The summed E-state index contributed by atoms with van der Waals surface area (Å²) in [6.45, 7) is 2.50. The van der Waals surface area contributed by atoms with Gasteiger partial charge in [-0.05, 0) is 55.0 Å². The van der Waals surface area contributed by atoms with Crippen molar-refractivity contribution in [2.24, 2.45) is 0 Å². The van der Waals surface area contributed by atoms with E-state index >= 15 is 0 Å². The maximum absolute atomic E-state index is 12.5. The topological polar surface area (TPSA) is 63.5 Å². The number of anilines is 1. The molecule has 1 atom stereocenters. The summed E-state index contributed by atoms with van der Waals surface area (Å²) in [5, 5.41) is 16.0. The predicted molar refractivity (Wildman–Crippen MR) is 137 cm³/mol. The highest BCUT2D eigenvalue weighted by Crippen LogP contribution is 2.29. The summed E-state index contributed by atoms with van der Waals surface area (Å²) in [4.78, 5) is 12.5. The lowest BCUT2D eigenvalue weighted by Gasteiger charge is -2.15.